The van der Waals surface area contributed by atoms with E-state index in [1.54, 1.807) is 15.8 Å². The summed E-state index contributed by atoms with van der Waals surface area (Å²) in [6.07, 6.45) is 11.1. The van der Waals surface area contributed by atoms with E-state index in [4.69, 9.17) is 9.47 Å². The predicted octanol–water partition coefficient (Wildman–Crippen LogP) is 4.22. The molecule has 0 spiro atoms. The fraction of sp³-hybridized carbons (Fsp3) is 0.565. The first-order chi connectivity index (χ1) is 14.5. The highest BCUT2D eigenvalue weighted by Gasteiger charge is 2.38. The Bertz CT molecular complexity index is 961. The van der Waals surface area contributed by atoms with E-state index >= 15 is 0 Å². The Hall–Kier alpha value is -2.54. The standard InChI is InChI=1S/C23H29N3O4/c1-15-7-8-19-20(26(15)22(27)29-2)10-9-18(21(19)30-17-5-3-6-17)16-13-24-25(14-16)23(28)11-4-12-23/h9-10,13-15,17,28H,3-8,11-12H2,1-2H3/t15-/m0/s1. The van der Waals surface area contributed by atoms with Gasteiger partial charge in [0.2, 0.25) is 0 Å². The molecule has 0 unspecified atom stereocenters. The van der Waals surface area contributed by atoms with E-state index in [2.05, 4.69) is 5.10 Å². The lowest BCUT2D eigenvalue weighted by Crippen LogP contribution is -2.42. The number of benzene rings is 1. The zero-order valence-corrected chi connectivity index (χ0v) is 17.6. The van der Waals surface area contributed by atoms with Gasteiger partial charge in [0.15, 0.2) is 5.72 Å². The second-order valence-electron chi connectivity index (χ2n) is 8.85. The third-order valence-electron chi connectivity index (χ3n) is 6.93. The maximum atomic E-state index is 12.5. The number of ether oxygens (including phenoxy) is 2. The molecule has 3 aliphatic rings. The summed E-state index contributed by atoms with van der Waals surface area (Å²) < 4.78 is 13.2. The number of hydrogen-bond acceptors (Lipinski definition) is 5. The van der Waals surface area contributed by atoms with Crippen LogP contribution in [0.15, 0.2) is 24.5 Å². The van der Waals surface area contributed by atoms with E-state index in [1.165, 1.54) is 13.5 Å². The summed E-state index contributed by atoms with van der Waals surface area (Å²) in [7, 11) is 1.42. The van der Waals surface area contributed by atoms with Crippen LogP contribution in [0.2, 0.25) is 0 Å². The van der Waals surface area contributed by atoms with Crippen LogP contribution >= 0.6 is 0 Å². The zero-order chi connectivity index (χ0) is 20.9. The molecule has 7 nitrogen and oxygen atoms in total. The molecule has 0 saturated heterocycles. The van der Waals surface area contributed by atoms with Crippen molar-refractivity contribution >= 4 is 11.8 Å². The van der Waals surface area contributed by atoms with E-state index in [1.807, 2.05) is 25.3 Å². The topological polar surface area (TPSA) is 76.8 Å². The average molecular weight is 412 g/mol. The van der Waals surface area contributed by atoms with Crippen molar-refractivity contribution in [2.24, 2.45) is 0 Å². The Morgan fingerprint density at radius 3 is 2.67 bits per heavy atom. The van der Waals surface area contributed by atoms with Crippen molar-refractivity contribution in [3.8, 4) is 16.9 Å². The van der Waals surface area contributed by atoms with Gasteiger partial charge in [-0.05, 0) is 70.4 Å². The minimum absolute atomic E-state index is 0.0722. The fourth-order valence-electron chi connectivity index (χ4n) is 4.61. The highest BCUT2D eigenvalue weighted by atomic mass is 16.5. The third kappa shape index (κ3) is 3.07. The smallest absolute Gasteiger partial charge is 0.414 e. The molecule has 2 aliphatic carbocycles. The number of aliphatic hydroxyl groups is 1. The Kier molecular flexibility index (Phi) is 4.73. The van der Waals surface area contributed by atoms with Gasteiger partial charge in [-0.1, -0.05) is 0 Å². The molecule has 5 rings (SSSR count). The molecule has 1 aliphatic heterocycles. The number of carbonyl (C=O) groups is 1. The molecule has 2 saturated carbocycles. The molecule has 2 heterocycles. The van der Waals surface area contributed by atoms with Crippen molar-refractivity contribution in [1.82, 2.24) is 9.78 Å². The highest BCUT2D eigenvalue weighted by molar-refractivity contribution is 5.92. The molecular weight excluding hydrogens is 382 g/mol. The predicted molar refractivity (Wildman–Crippen MR) is 113 cm³/mol. The first kappa shape index (κ1) is 19.4. The molecule has 1 atom stereocenters. The van der Waals surface area contributed by atoms with Gasteiger partial charge in [0.25, 0.3) is 0 Å². The number of rotatable bonds is 4. The third-order valence-corrected chi connectivity index (χ3v) is 6.93. The Morgan fingerprint density at radius 2 is 2.03 bits per heavy atom. The Morgan fingerprint density at radius 1 is 1.23 bits per heavy atom. The largest absolute Gasteiger partial charge is 0.489 e. The zero-order valence-electron chi connectivity index (χ0n) is 17.6. The van der Waals surface area contributed by atoms with Gasteiger partial charge >= 0.3 is 6.09 Å². The van der Waals surface area contributed by atoms with Gasteiger partial charge in [0.1, 0.15) is 5.75 Å². The van der Waals surface area contributed by atoms with Crippen LogP contribution in [0.4, 0.5) is 10.5 Å². The van der Waals surface area contributed by atoms with E-state index in [-0.39, 0.29) is 18.2 Å². The summed E-state index contributed by atoms with van der Waals surface area (Å²) in [6, 6.07) is 4.07. The number of anilines is 1. The van der Waals surface area contributed by atoms with Gasteiger partial charge in [-0.15, -0.1) is 0 Å². The number of fused-ring (bicyclic) bond motifs is 1. The number of aromatic nitrogens is 2. The normalized spacial score (nSPS) is 22.6. The van der Waals surface area contributed by atoms with Gasteiger partial charge in [-0.25, -0.2) is 9.48 Å². The monoisotopic (exact) mass is 411 g/mol. The number of hydrogen-bond donors (Lipinski definition) is 1. The quantitative estimate of drug-likeness (QED) is 0.815. The summed E-state index contributed by atoms with van der Waals surface area (Å²) in [5.41, 5.74) is 2.95. The Balaban J connectivity index is 1.58. The van der Waals surface area contributed by atoms with Gasteiger partial charge < -0.3 is 14.6 Å². The minimum Gasteiger partial charge on any atom is -0.489 e. The average Bonchev–Trinajstić information content (AvgIpc) is 3.18. The molecule has 1 aromatic carbocycles. The molecule has 160 valence electrons. The van der Waals surface area contributed by atoms with Gasteiger partial charge in [0, 0.05) is 28.9 Å². The van der Waals surface area contributed by atoms with Crippen molar-refractivity contribution in [2.75, 3.05) is 12.0 Å². The molecule has 0 radical (unpaired) electrons. The van der Waals surface area contributed by atoms with Crippen LogP contribution in [0.25, 0.3) is 11.1 Å². The van der Waals surface area contributed by atoms with Crippen molar-refractivity contribution in [1.29, 1.82) is 0 Å². The molecule has 2 fully saturated rings. The number of carbonyl (C=O) groups excluding carboxylic acids is 1. The van der Waals surface area contributed by atoms with E-state index in [0.29, 0.717) is 0 Å². The van der Waals surface area contributed by atoms with Gasteiger partial charge in [-0.2, -0.15) is 5.10 Å². The van der Waals surface area contributed by atoms with Crippen molar-refractivity contribution in [3.05, 3.63) is 30.1 Å². The van der Waals surface area contributed by atoms with Crippen LogP contribution in [-0.4, -0.2) is 40.2 Å². The maximum absolute atomic E-state index is 12.5. The summed E-state index contributed by atoms with van der Waals surface area (Å²) >= 11 is 0. The fourth-order valence-corrected chi connectivity index (χ4v) is 4.61. The van der Waals surface area contributed by atoms with E-state index in [9.17, 15) is 9.90 Å². The second-order valence-corrected chi connectivity index (χ2v) is 8.85. The molecule has 1 N–H and O–H groups in total. The maximum Gasteiger partial charge on any atom is 0.414 e. The van der Waals surface area contributed by atoms with Crippen LogP contribution in [0, 0.1) is 0 Å². The van der Waals surface area contributed by atoms with Crippen LogP contribution in [-0.2, 0) is 16.9 Å². The summed E-state index contributed by atoms with van der Waals surface area (Å²) in [5, 5.41) is 15.1. The summed E-state index contributed by atoms with van der Waals surface area (Å²) in [4.78, 5) is 14.2. The number of methoxy groups -OCH3 is 1. The molecule has 0 bridgehead atoms. The van der Waals surface area contributed by atoms with Crippen LogP contribution in [0.5, 0.6) is 5.75 Å². The van der Waals surface area contributed by atoms with Crippen LogP contribution < -0.4 is 9.64 Å². The Labute approximate surface area is 176 Å². The van der Waals surface area contributed by atoms with Crippen LogP contribution in [0.1, 0.15) is 57.4 Å². The lowest BCUT2D eigenvalue weighted by molar-refractivity contribution is -0.116. The molecule has 2 aromatic rings. The number of nitrogens with zero attached hydrogens (tertiary/aromatic N) is 3. The van der Waals surface area contributed by atoms with Crippen molar-refractivity contribution < 1.29 is 19.4 Å². The lowest BCUT2D eigenvalue weighted by atomic mass is 9.88. The molecule has 30 heavy (non-hydrogen) atoms. The van der Waals surface area contributed by atoms with Crippen molar-refractivity contribution in [2.45, 2.75) is 76.2 Å². The first-order valence-corrected chi connectivity index (χ1v) is 11.0. The molecule has 7 heteroatoms. The lowest BCUT2D eigenvalue weighted by Gasteiger charge is -2.37. The van der Waals surface area contributed by atoms with E-state index < -0.39 is 5.72 Å². The molecule has 1 aromatic heterocycles. The SMILES string of the molecule is COC(=O)N1c2ccc(-c3cnn(C4(O)CCC4)c3)c(OC3CCC3)c2CC[C@@H]1C. The number of amides is 1. The van der Waals surface area contributed by atoms with Crippen LogP contribution in [0.3, 0.4) is 0 Å². The molecular formula is C23H29N3O4. The van der Waals surface area contributed by atoms with Crippen molar-refractivity contribution in [3.63, 3.8) is 0 Å². The second kappa shape index (κ2) is 7.30. The highest BCUT2D eigenvalue weighted by Crippen LogP contribution is 2.45. The summed E-state index contributed by atoms with van der Waals surface area (Å²) in [5.74, 6) is 0.846. The van der Waals surface area contributed by atoms with Gasteiger partial charge in [-0.3, -0.25) is 4.90 Å². The molecule has 1 amide bonds. The summed E-state index contributed by atoms with van der Waals surface area (Å²) in [6.45, 7) is 2.05. The first-order valence-electron chi connectivity index (χ1n) is 11.0. The van der Waals surface area contributed by atoms with E-state index in [0.717, 1.165) is 73.1 Å². The minimum atomic E-state index is -0.863. The van der Waals surface area contributed by atoms with Gasteiger partial charge in [0.05, 0.1) is 25.1 Å².